The third-order valence-corrected chi connectivity index (χ3v) is 4.14. The van der Waals surface area contributed by atoms with Gasteiger partial charge in [-0.1, -0.05) is 23.7 Å². The second-order valence-corrected chi connectivity index (χ2v) is 5.95. The van der Waals surface area contributed by atoms with Gasteiger partial charge in [-0.2, -0.15) is 0 Å². The fourth-order valence-corrected chi connectivity index (χ4v) is 2.73. The van der Waals surface area contributed by atoms with Crippen LogP contribution in [-0.4, -0.2) is 50.1 Å². The van der Waals surface area contributed by atoms with Crippen molar-refractivity contribution in [1.29, 1.82) is 0 Å². The summed E-state index contributed by atoms with van der Waals surface area (Å²) in [5.74, 6) is -0.0968. The fraction of sp³-hybridized carbons (Fsp3) is 0.562. The standard InChI is InChI=1S/C16H24ClN3O/c1-13(14-4-2-5-15(17)12-14)16(21)19-6-3-9-20-10-7-18-8-11-20/h2,4-5,12-13,18H,3,6-11H2,1H3,(H,19,21). The Hall–Kier alpha value is -1.10. The van der Waals surface area contributed by atoms with E-state index in [1.807, 2.05) is 31.2 Å². The quantitative estimate of drug-likeness (QED) is 0.788. The highest BCUT2D eigenvalue weighted by atomic mass is 35.5. The SMILES string of the molecule is CC(C(=O)NCCCN1CCNCC1)c1cccc(Cl)c1. The number of rotatable bonds is 6. The number of amides is 1. The Morgan fingerprint density at radius 3 is 2.90 bits per heavy atom. The second kappa shape index (κ2) is 8.37. The van der Waals surface area contributed by atoms with Gasteiger partial charge in [0.2, 0.25) is 5.91 Å². The maximum absolute atomic E-state index is 12.1. The van der Waals surface area contributed by atoms with Gasteiger partial charge in [-0.15, -0.1) is 0 Å². The monoisotopic (exact) mass is 309 g/mol. The zero-order valence-corrected chi connectivity index (χ0v) is 13.3. The number of carbonyl (C=O) groups is 1. The Kier molecular flexibility index (Phi) is 6.49. The number of nitrogens with zero attached hydrogens (tertiary/aromatic N) is 1. The highest BCUT2D eigenvalue weighted by Crippen LogP contribution is 2.19. The van der Waals surface area contributed by atoms with Crippen LogP contribution in [0.4, 0.5) is 0 Å². The van der Waals surface area contributed by atoms with Gasteiger partial charge in [-0.05, 0) is 37.6 Å². The summed E-state index contributed by atoms with van der Waals surface area (Å²) in [4.78, 5) is 14.6. The molecule has 0 saturated carbocycles. The van der Waals surface area contributed by atoms with Crippen molar-refractivity contribution in [2.45, 2.75) is 19.3 Å². The van der Waals surface area contributed by atoms with Crippen LogP contribution in [0.15, 0.2) is 24.3 Å². The van der Waals surface area contributed by atoms with Crippen molar-refractivity contribution in [3.05, 3.63) is 34.9 Å². The van der Waals surface area contributed by atoms with Crippen LogP contribution >= 0.6 is 11.6 Å². The molecule has 0 aliphatic carbocycles. The Morgan fingerprint density at radius 1 is 1.43 bits per heavy atom. The van der Waals surface area contributed by atoms with Crippen molar-refractivity contribution < 1.29 is 4.79 Å². The van der Waals surface area contributed by atoms with E-state index in [1.54, 1.807) is 0 Å². The third-order valence-electron chi connectivity index (χ3n) is 3.90. The molecule has 1 saturated heterocycles. The summed E-state index contributed by atoms with van der Waals surface area (Å²) in [5, 5.41) is 7.03. The Morgan fingerprint density at radius 2 is 2.19 bits per heavy atom. The van der Waals surface area contributed by atoms with Gasteiger partial charge in [0.15, 0.2) is 0 Å². The lowest BCUT2D eigenvalue weighted by atomic mass is 10.0. The Labute approximate surface area is 131 Å². The van der Waals surface area contributed by atoms with E-state index in [0.717, 1.165) is 51.3 Å². The molecule has 1 aliphatic heterocycles. The van der Waals surface area contributed by atoms with E-state index in [1.165, 1.54) is 0 Å². The molecule has 1 aromatic rings. The number of nitrogens with one attached hydrogen (secondary N) is 2. The zero-order chi connectivity index (χ0) is 15.1. The topological polar surface area (TPSA) is 44.4 Å². The van der Waals surface area contributed by atoms with Crippen molar-refractivity contribution in [1.82, 2.24) is 15.5 Å². The van der Waals surface area contributed by atoms with Crippen molar-refractivity contribution in [3.63, 3.8) is 0 Å². The van der Waals surface area contributed by atoms with Crippen LogP contribution in [0.5, 0.6) is 0 Å². The number of carbonyl (C=O) groups excluding carboxylic acids is 1. The normalized spacial score (nSPS) is 17.4. The maximum atomic E-state index is 12.1. The van der Waals surface area contributed by atoms with Gasteiger partial charge in [0.1, 0.15) is 0 Å². The predicted molar refractivity (Wildman–Crippen MR) is 86.8 cm³/mol. The lowest BCUT2D eigenvalue weighted by Gasteiger charge is -2.27. The molecule has 1 heterocycles. The largest absolute Gasteiger partial charge is 0.356 e. The molecule has 1 aromatic carbocycles. The third kappa shape index (κ3) is 5.30. The minimum absolute atomic E-state index is 0.0672. The zero-order valence-electron chi connectivity index (χ0n) is 12.6. The summed E-state index contributed by atoms with van der Waals surface area (Å²) in [6, 6.07) is 7.50. The van der Waals surface area contributed by atoms with E-state index < -0.39 is 0 Å². The van der Waals surface area contributed by atoms with Gasteiger partial charge in [0.05, 0.1) is 5.92 Å². The van der Waals surface area contributed by atoms with Crippen molar-refractivity contribution in [2.24, 2.45) is 0 Å². The van der Waals surface area contributed by atoms with Crippen LogP contribution in [0, 0.1) is 0 Å². The Balaban J connectivity index is 1.69. The molecule has 4 nitrogen and oxygen atoms in total. The summed E-state index contributed by atoms with van der Waals surface area (Å²) in [6.07, 6.45) is 0.994. The van der Waals surface area contributed by atoms with Crippen LogP contribution in [0.3, 0.4) is 0 Å². The van der Waals surface area contributed by atoms with Crippen molar-refractivity contribution >= 4 is 17.5 Å². The number of piperazine rings is 1. The first-order valence-corrected chi connectivity index (χ1v) is 8.01. The molecular formula is C16H24ClN3O. The maximum Gasteiger partial charge on any atom is 0.227 e. The molecule has 2 rings (SSSR count). The van der Waals surface area contributed by atoms with Crippen LogP contribution in [0.1, 0.15) is 24.8 Å². The molecule has 1 aliphatic rings. The van der Waals surface area contributed by atoms with E-state index in [0.29, 0.717) is 5.02 Å². The molecule has 0 aromatic heterocycles. The van der Waals surface area contributed by atoms with Gasteiger partial charge in [-0.25, -0.2) is 0 Å². The lowest BCUT2D eigenvalue weighted by molar-refractivity contribution is -0.122. The molecule has 1 fully saturated rings. The first kappa shape index (κ1) is 16.3. The van der Waals surface area contributed by atoms with Gasteiger partial charge in [-0.3, -0.25) is 4.79 Å². The van der Waals surface area contributed by atoms with E-state index >= 15 is 0 Å². The molecule has 21 heavy (non-hydrogen) atoms. The van der Waals surface area contributed by atoms with Crippen LogP contribution in [0.25, 0.3) is 0 Å². The highest BCUT2D eigenvalue weighted by molar-refractivity contribution is 6.30. The minimum atomic E-state index is -0.164. The number of hydrogen-bond donors (Lipinski definition) is 2. The van der Waals surface area contributed by atoms with E-state index in [4.69, 9.17) is 11.6 Å². The van der Waals surface area contributed by atoms with Crippen molar-refractivity contribution in [3.8, 4) is 0 Å². The first-order chi connectivity index (χ1) is 10.2. The molecule has 0 radical (unpaired) electrons. The van der Waals surface area contributed by atoms with E-state index in [-0.39, 0.29) is 11.8 Å². The van der Waals surface area contributed by atoms with Gasteiger partial charge in [0.25, 0.3) is 0 Å². The molecule has 1 unspecified atom stereocenters. The molecule has 1 atom stereocenters. The molecule has 0 spiro atoms. The lowest BCUT2D eigenvalue weighted by Crippen LogP contribution is -2.44. The van der Waals surface area contributed by atoms with Crippen LogP contribution in [0.2, 0.25) is 5.02 Å². The summed E-state index contributed by atoms with van der Waals surface area (Å²) in [7, 11) is 0. The summed E-state index contributed by atoms with van der Waals surface area (Å²) in [5.41, 5.74) is 0.960. The number of halogens is 1. The smallest absolute Gasteiger partial charge is 0.227 e. The number of hydrogen-bond acceptors (Lipinski definition) is 3. The molecular weight excluding hydrogens is 286 g/mol. The molecule has 116 valence electrons. The fourth-order valence-electron chi connectivity index (χ4n) is 2.53. The van der Waals surface area contributed by atoms with Gasteiger partial charge in [0, 0.05) is 37.7 Å². The van der Waals surface area contributed by atoms with Gasteiger partial charge >= 0.3 is 0 Å². The molecule has 2 N–H and O–H groups in total. The second-order valence-electron chi connectivity index (χ2n) is 5.51. The van der Waals surface area contributed by atoms with Crippen molar-refractivity contribution in [2.75, 3.05) is 39.3 Å². The minimum Gasteiger partial charge on any atom is -0.356 e. The summed E-state index contributed by atoms with van der Waals surface area (Å²) in [6.45, 7) is 8.04. The average molecular weight is 310 g/mol. The highest BCUT2D eigenvalue weighted by Gasteiger charge is 2.15. The summed E-state index contributed by atoms with van der Waals surface area (Å²) < 4.78 is 0. The number of benzene rings is 1. The van der Waals surface area contributed by atoms with Gasteiger partial charge < -0.3 is 15.5 Å². The Bertz CT molecular complexity index is 461. The van der Waals surface area contributed by atoms with Crippen LogP contribution < -0.4 is 10.6 Å². The summed E-state index contributed by atoms with van der Waals surface area (Å²) >= 11 is 5.96. The predicted octanol–water partition coefficient (Wildman–Crippen LogP) is 1.86. The average Bonchev–Trinajstić information content (AvgIpc) is 2.51. The van der Waals surface area contributed by atoms with E-state index in [2.05, 4.69) is 15.5 Å². The van der Waals surface area contributed by atoms with E-state index in [9.17, 15) is 4.79 Å². The molecule has 1 amide bonds. The first-order valence-electron chi connectivity index (χ1n) is 7.63. The molecule has 0 bridgehead atoms. The van der Waals surface area contributed by atoms with Crippen LogP contribution in [-0.2, 0) is 4.79 Å². The molecule has 5 heteroatoms.